The maximum absolute atomic E-state index is 9.61. The van der Waals surface area contributed by atoms with Gasteiger partial charge in [-0.1, -0.05) is 44.4 Å². The minimum absolute atomic E-state index is 0.336. The van der Waals surface area contributed by atoms with Gasteiger partial charge in [0, 0.05) is 0 Å². The van der Waals surface area contributed by atoms with Gasteiger partial charge in [0.2, 0.25) is 0 Å². The van der Waals surface area contributed by atoms with Gasteiger partial charge in [-0.05, 0) is 18.6 Å². The lowest BCUT2D eigenvalue weighted by molar-refractivity contribution is 0.0976. The molecule has 2 heteroatoms. The topological polar surface area (TPSA) is 29.5 Å². The second-order valence-electron chi connectivity index (χ2n) is 3.77. The first kappa shape index (κ1) is 12.1. The van der Waals surface area contributed by atoms with Crippen LogP contribution in [0.3, 0.4) is 0 Å². The van der Waals surface area contributed by atoms with E-state index in [1.807, 2.05) is 30.3 Å². The molecule has 0 aromatic heterocycles. The van der Waals surface area contributed by atoms with Gasteiger partial charge in [-0.15, -0.1) is 0 Å². The molecule has 0 spiro atoms. The van der Waals surface area contributed by atoms with Crippen molar-refractivity contribution in [1.29, 1.82) is 0 Å². The van der Waals surface area contributed by atoms with Gasteiger partial charge in [-0.3, -0.25) is 0 Å². The lowest BCUT2D eigenvalue weighted by Crippen LogP contribution is -2.17. The van der Waals surface area contributed by atoms with Crippen LogP contribution >= 0.6 is 0 Å². The van der Waals surface area contributed by atoms with Crippen LogP contribution in [0.2, 0.25) is 0 Å². The zero-order valence-corrected chi connectivity index (χ0v) is 9.36. The summed E-state index contributed by atoms with van der Waals surface area (Å²) in [6.07, 6.45) is 3.95. The van der Waals surface area contributed by atoms with Crippen LogP contribution in [0.5, 0.6) is 5.75 Å². The second kappa shape index (κ2) is 7.30. The predicted octanol–water partition coefficient (Wildman–Crippen LogP) is 3.01. The maximum atomic E-state index is 9.61. The van der Waals surface area contributed by atoms with Gasteiger partial charge in [0.15, 0.2) is 0 Å². The Morgan fingerprint density at radius 1 is 1.20 bits per heavy atom. The van der Waals surface area contributed by atoms with Crippen molar-refractivity contribution in [2.24, 2.45) is 0 Å². The molecule has 1 unspecified atom stereocenters. The fraction of sp³-hybridized carbons (Fsp3) is 0.538. The molecule has 0 saturated heterocycles. The Balaban J connectivity index is 2.14. The number of aliphatic hydroxyl groups is 1. The molecule has 0 saturated carbocycles. The average Bonchev–Trinajstić information content (AvgIpc) is 2.28. The average molecular weight is 208 g/mol. The molecule has 0 aliphatic carbocycles. The highest BCUT2D eigenvalue weighted by Crippen LogP contribution is 2.10. The van der Waals surface area contributed by atoms with E-state index in [1.165, 1.54) is 12.8 Å². The van der Waals surface area contributed by atoms with Crippen LogP contribution in [0.4, 0.5) is 0 Å². The summed E-state index contributed by atoms with van der Waals surface area (Å²) in [7, 11) is 0. The fourth-order valence-corrected chi connectivity index (χ4v) is 1.42. The number of benzene rings is 1. The van der Waals surface area contributed by atoms with Crippen molar-refractivity contribution in [3.63, 3.8) is 0 Å². The molecule has 0 radical (unpaired) electrons. The fourth-order valence-electron chi connectivity index (χ4n) is 1.42. The maximum Gasteiger partial charge on any atom is 0.119 e. The molecule has 0 amide bonds. The van der Waals surface area contributed by atoms with Gasteiger partial charge in [0.1, 0.15) is 12.4 Å². The summed E-state index contributed by atoms with van der Waals surface area (Å²) in [5, 5.41) is 9.61. The number of aliphatic hydroxyl groups excluding tert-OH is 1. The highest BCUT2D eigenvalue weighted by molar-refractivity contribution is 5.20. The Hall–Kier alpha value is -1.02. The van der Waals surface area contributed by atoms with E-state index in [1.54, 1.807) is 0 Å². The summed E-state index contributed by atoms with van der Waals surface area (Å²) < 4.78 is 5.45. The first-order valence-electron chi connectivity index (χ1n) is 5.69. The predicted molar refractivity (Wildman–Crippen MR) is 62.1 cm³/mol. The number of para-hydroxylation sites is 1. The Kier molecular flexibility index (Phi) is 5.86. The second-order valence-corrected chi connectivity index (χ2v) is 3.77. The molecule has 1 atom stereocenters. The number of hydrogen-bond acceptors (Lipinski definition) is 2. The van der Waals surface area contributed by atoms with Gasteiger partial charge in [-0.2, -0.15) is 0 Å². The van der Waals surface area contributed by atoms with Crippen molar-refractivity contribution in [3.05, 3.63) is 30.3 Å². The van der Waals surface area contributed by atoms with E-state index < -0.39 is 0 Å². The van der Waals surface area contributed by atoms with Crippen molar-refractivity contribution >= 4 is 0 Å². The van der Waals surface area contributed by atoms with Gasteiger partial charge in [0.25, 0.3) is 0 Å². The van der Waals surface area contributed by atoms with Crippen molar-refractivity contribution in [2.75, 3.05) is 6.61 Å². The van der Waals surface area contributed by atoms with Crippen molar-refractivity contribution < 1.29 is 9.84 Å². The van der Waals surface area contributed by atoms with E-state index in [9.17, 15) is 5.11 Å². The summed E-state index contributed by atoms with van der Waals surface area (Å²) in [6.45, 7) is 2.56. The normalized spacial score (nSPS) is 12.4. The van der Waals surface area contributed by atoms with Crippen molar-refractivity contribution in [2.45, 2.75) is 38.7 Å². The van der Waals surface area contributed by atoms with E-state index in [4.69, 9.17) is 4.74 Å². The molecule has 15 heavy (non-hydrogen) atoms. The van der Waals surface area contributed by atoms with E-state index in [0.29, 0.717) is 6.61 Å². The SMILES string of the molecule is CCCCCC(O)COc1ccccc1. The zero-order chi connectivity index (χ0) is 10.9. The number of ether oxygens (including phenoxy) is 1. The van der Waals surface area contributed by atoms with Crippen LogP contribution in [-0.2, 0) is 0 Å². The van der Waals surface area contributed by atoms with Crippen LogP contribution < -0.4 is 4.74 Å². The van der Waals surface area contributed by atoms with E-state index in [2.05, 4.69) is 6.92 Å². The molecule has 0 bridgehead atoms. The summed E-state index contributed by atoms with van der Waals surface area (Å²) in [6, 6.07) is 9.61. The molecule has 0 heterocycles. The Morgan fingerprint density at radius 2 is 1.93 bits per heavy atom. The highest BCUT2D eigenvalue weighted by atomic mass is 16.5. The zero-order valence-electron chi connectivity index (χ0n) is 9.36. The van der Waals surface area contributed by atoms with Gasteiger partial charge in [0.05, 0.1) is 6.10 Å². The lowest BCUT2D eigenvalue weighted by atomic mass is 10.1. The quantitative estimate of drug-likeness (QED) is 0.698. The number of rotatable bonds is 7. The highest BCUT2D eigenvalue weighted by Gasteiger charge is 2.04. The Bertz CT molecular complexity index is 246. The van der Waals surface area contributed by atoms with Gasteiger partial charge in [-0.25, -0.2) is 0 Å². The smallest absolute Gasteiger partial charge is 0.119 e. The lowest BCUT2D eigenvalue weighted by Gasteiger charge is -2.11. The third-order valence-corrected chi connectivity index (χ3v) is 2.33. The summed E-state index contributed by atoms with van der Waals surface area (Å²) >= 11 is 0. The molecule has 1 N–H and O–H groups in total. The number of hydrogen-bond donors (Lipinski definition) is 1. The molecule has 1 aromatic carbocycles. The third kappa shape index (κ3) is 5.43. The van der Waals surface area contributed by atoms with Gasteiger partial charge >= 0.3 is 0 Å². The minimum Gasteiger partial charge on any atom is -0.491 e. The van der Waals surface area contributed by atoms with E-state index >= 15 is 0 Å². The Labute approximate surface area is 91.9 Å². The van der Waals surface area contributed by atoms with Crippen LogP contribution in [-0.4, -0.2) is 17.8 Å². The molecule has 2 nitrogen and oxygen atoms in total. The van der Waals surface area contributed by atoms with Crippen molar-refractivity contribution in [1.82, 2.24) is 0 Å². The molecule has 84 valence electrons. The van der Waals surface area contributed by atoms with E-state index in [0.717, 1.165) is 18.6 Å². The molecule has 1 rings (SSSR count). The summed E-state index contributed by atoms with van der Waals surface area (Å²) in [5.41, 5.74) is 0. The summed E-state index contributed by atoms with van der Waals surface area (Å²) in [5.74, 6) is 0.826. The molecule has 0 fully saturated rings. The largest absolute Gasteiger partial charge is 0.491 e. The van der Waals surface area contributed by atoms with Gasteiger partial charge < -0.3 is 9.84 Å². The molecule has 0 aliphatic rings. The minimum atomic E-state index is -0.336. The molecule has 0 aliphatic heterocycles. The Morgan fingerprint density at radius 3 is 2.60 bits per heavy atom. The number of unbranched alkanes of at least 4 members (excludes halogenated alkanes) is 2. The third-order valence-electron chi connectivity index (χ3n) is 2.33. The molecular weight excluding hydrogens is 188 g/mol. The van der Waals surface area contributed by atoms with Crippen molar-refractivity contribution in [3.8, 4) is 5.75 Å². The van der Waals surface area contributed by atoms with Crippen LogP contribution in [0.1, 0.15) is 32.6 Å². The molecular formula is C13H20O2. The molecule has 1 aromatic rings. The first-order valence-corrected chi connectivity index (χ1v) is 5.69. The monoisotopic (exact) mass is 208 g/mol. The van der Waals surface area contributed by atoms with Crippen LogP contribution in [0.15, 0.2) is 30.3 Å². The summed E-state index contributed by atoms with van der Waals surface area (Å²) in [4.78, 5) is 0. The first-order chi connectivity index (χ1) is 7.33. The van der Waals surface area contributed by atoms with Crippen LogP contribution in [0.25, 0.3) is 0 Å². The van der Waals surface area contributed by atoms with E-state index in [-0.39, 0.29) is 6.10 Å². The standard InChI is InChI=1S/C13H20O2/c1-2-3-5-8-12(14)11-15-13-9-6-4-7-10-13/h4,6-7,9-10,12,14H,2-3,5,8,11H2,1H3. The van der Waals surface area contributed by atoms with Crippen LogP contribution in [0, 0.1) is 0 Å².